The predicted octanol–water partition coefficient (Wildman–Crippen LogP) is 2.60. The highest BCUT2D eigenvalue weighted by molar-refractivity contribution is 7.12. The third-order valence-electron chi connectivity index (χ3n) is 4.04. The molecule has 0 bridgehead atoms. The van der Waals surface area contributed by atoms with Crippen LogP contribution in [-0.4, -0.2) is 40.2 Å². The molecule has 1 unspecified atom stereocenters. The number of fused-ring (bicyclic) bond motifs is 1. The number of thiophene rings is 1. The minimum atomic E-state index is -0.436. The van der Waals surface area contributed by atoms with Crippen molar-refractivity contribution in [2.24, 2.45) is 0 Å². The van der Waals surface area contributed by atoms with Crippen molar-refractivity contribution >= 4 is 40.0 Å². The summed E-state index contributed by atoms with van der Waals surface area (Å²) in [6, 6.07) is 3.86. The molecule has 0 aliphatic carbocycles. The Morgan fingerprint density at radius 1 is 1.36 bits per heavy atom. The Hall–Kier alpha value is -2.65. The number of nitrogens with zero attached hydrogens (tertiary/aromatic N) is 2. The minimum Gasteiger partial charge on any atom is -0.397 e. The number of aromatic nitrogens is 3. The predicted molar refractivity (Wildman–Crippen MR) is 96.5 cm³/mol. The monoisotopic (exact) mass is 358 g/mol. The molecular weight excluding hydrogens is 340 g/mol. The van der Waals surface area contributed by atoms with Crippen molar-refractivity contribution < 1.29 is 9.53 Å². The van der Waals surface area contributed by atoms with E-state index in [1.807, 2.05) is 17.5 Å². The fraction of sp³-hybridized carbons (Fsp3) is 0.312. The molecule has 25 heavy (non-hydrogen) atoms. The summed E-state index contributed by atoms with van der Waals surface area (Å²) in [5, 5.41) is 12.6. The van der Waals surface area contributed by atoms with E-state index in [9.17, 15) is 4.79 Å². The zero-order chi connectivity index (χ0) is 17.1. The number of piperidine rings is 1. The normalized spacial score (nSPS) is 17.4. The molecule has 4 N–H and O–H groups in total. The molecule has 1 aliphatic rings. The Bertz CT molecular complexity index is 870. The first-order valence-corrected chi connectivity index (χ1v) is 8.99. The van der Waals surface area contributed by atoms with Gasteiger partial charge in [-0.1, -0.05) is 0 Å². The van der Waals surface area contributed by atoms with Crippen molar-refractivity contribution in [3.8, 4) is 5.06 Å². The average Bonchev–Trinajstić information content (AvgIpc) is 3.26. The topological polar surface area (TPSA) is 104 Å². The summed E-state index contributed by atoms with van der Waals surface area (Å²) < 4.78 is 5.48. The van der Waals surface area contributed by atoms with E-state index < -0.39 is 6.09 Å². The van der Waals surface area contributed by atoms with E-state index in [2.05, 4.69) is 30.9 Å². The zero-order valence-electron chi connectivity index (χ0n) is 13.4. The molecule has 1 aliphatic heterocycles. The highest BCUT2D eigenvalue weighted by Gasteiger charge is 2.18. The van der Waals surface area contributed by atoms with Gasteiger partial charge in [-0.2, -0.15) is 0 Å². The maximum Gasteiger partial charge on any atom is 0.413 e. The third kappa shape index (κ3) is 3.57. The summed E-state index contributed by atoms with van der Waals surface area (Å²) >= 11 is 1.35. The summed E-state index contributed by atoms with van der Waals surface area (Å²) in [6.07, 6.45) is 4.87. The largest absolute Gasteiger partial charge is 0.413 e. The van der Waals surface area contributed by atoms with Crippen molar-refractivity contribution in [3.05, 3.63) is 30.0 Å². The van der Waals surface area contributed by atoms with Gasteiger partial charge in [-0.3, -0.25) is 0 Å². The van der Waals surface area contributed by atoms with Crippen LogP contribution in [0.1, 0.15) is 12.8 Å². The Kier molecular flexibility index (Phi) is 4.49. The van der Waals surface area contributed by atoms with E-state index in [-0.39, 0.29) is 6.04 Å². The van der Waals surface area contributed by atoms with Gasteiger partial charge in [-0.05, 0) is 36.9 Å². The van der Waals surface area contributed by atoms with Crippen LogP contribution in [-0.2, 0) is 0 Å². The van der Waals surface area contributed by atoms with Crippen molar-refractivity contribution in [2.45, 2.75) is 18.9 Å². The molecule has 4 heterocycles. The lowest BCUT2D eigenvalue weighted by Crippen LogP contribution is -2.46. The number of amides is 1. The number of rotatable bonds is 4. The van der Waals surface area contributed by atoms with Crippen LogP contribution in [0.5, 0.6) is 5.06 Å². The number of aromatic amines is 1. The van der Waals surface area contributed by atoms with Gasteiger partial charge < -0.3 is 25.7 Å². The second-order valence-corrected chi connectivity index (χ2v) is 6.66. The molecule has 0 aromatic carbocycles. The van der Waals surface area contributed by atoms with E-state index in [1.165, 1.54) is 17.7 Å². The number of anilines is 2. The number of nitrogens with one attached hydrogen (secondary N) is 4. The van der Waals surface area contributed by atoms with Crippen LogP contribution < -0.4 is 20.7 Å². The van der Waals surface area contributed by atoms with Crippen molar-refractivity contribution in [2.75, 3.05) is 18.4 Å². The first-order chi connectivity index (χ1) is 12.3. The Morgan fingerprint density at radius 2 is 2.32 bits per heavy atom. The first kappa shape index (κ1) is 15.9. The smallest absolute Gasteiger partial charge is 0.397 e. The summed E-state index contributed by atoms with van der Waals surface area (Å²) in [5.74, 6) is 0.659. The van der Waals surface area contributed by atoms with E-state index in [4.69, 9.17) is 4.74 Å². The molecule has 1 saturated heterocycles. The molecular formula is C16H18N6O2S. The molecule has 1 atom stereocenters. The van der Waals surface area contributed by atoms with Crippen LogP contribution in [0, 0.1) is 0 Å². The van der Waals surface area contributed by atoms with Gasteiger partial charge in [0.2, 0.25) is 5.06 Å². The van der Waals surface area contributed by atoms with Crippen LogP contribution >= 0.6 is 11.3 Å². The van der Waals surface area contributed by atoms with Gasteiger partial charge in [0, 0.05) is 18.8 Å². The molecule has 1 fully saturated rings. The van der Waals surface area contributed by atoms with Crippen LogP contribution in [0.2, 0.25) is 0 Å². The zero-order valence-corrected chi connectivity index (χ0v) is 14.2. The number of hydrogen-bond acceptors (Lipinski definition) is 7. The van der Waals surface area contributed by atoms with Crippen molar-refractivity contribution in [1.29, 1.82) is 0 Å². The fourth-order valence-corrected chi connectivity index (χ4v) is 3.52. The van der Waals surface area contributed by atoms with E-state index >= 15 is 0 Å². The highest BCUT2D eigenvalue weighted by Crippen LogP contribution is 2.34. The molecule has 9 heteroatoms. The lowest BCUT2D eigenvalue weighted by Gasteiger charge is -2.23. The van der Waals surface area contributed by atoms with Gasteiger partial charge in [-0.15, -0.1) is 11.3 Å². The number of ether oxygens (including phenoxy) is 1. The van der Waals surface area contributed by atoms with Gasteiger partial charge in [-0.25, -0.2) is 14.8 Å². The molecule has 130 valence electrons. The SMILES string of the molecule is O=C(NC1CCCNC1)Oc1sccc1Nc1ncnc2[nH]ccc12. The molecule has 1 amide bonds. The van der Waals surface area contributed by atoms with Gasteiger partial charge in [0.1, 0.15) is 17.8 Å². The van der Waals surface area contributed by atoms with Crippen molar-refractivity contribution in [3.63, 3.8) is 0 Å². The maximum absolute atomic E-state index is 12.1. The number of carbonyl (C=O) groups is 1. The molecule has 4 rings (SSSR count). The summed E-state index contributed by atoms with van der Waals surface area (Å²) in [4.78, 5) is 23.6. The quantitative estimate of drug-likeness (QED) is 0.571. The van der Waals surface area contributed by atoms with Gasteiger partial charge in [0.05, 0.1) is 11.1 Å². The van der Waals surface area contributed by atoms with Crippen LogP contribution in [0.15, 0.2) is 30.0 Å². The average molecular weight is 358 g/mol. The van der Waals surface area contributed by atoms with Crippen LogP contribution in [0.3, 0.4) is 0 Å². The second kappa shape index (κ2) is 7.08. The molecule has 3 aromatic heterocycles. The second-order valence-electron chi connectivity index (χ2n) is 5.79. The Labute approximate surface area is 148 Å². The van der Waals surface area contributed by atoms with E-state index in [0.717, 1.165) is 37.0 Å². The van der Waals surface area contributed by atoms with E-state index in [0.29, 0.717) is 16.6 Å². The van der Waals surface area contributed by atoms with Gasteiger partial charge >= 0.3 is 6.09 Å². The number of carbonyl (C=O) groups excluding carboxylic acids is 1. The van der Waals surface area contributed by atoms with Crippen LogP contribution in [0.4, 0.5) is 16.3 Å². The van der Waals surface area contributed by atoms with Crippen LogP contribution in [0.25, 0.3) is 11.0 Å². The maximum atomic E-state index is 12.1. The number of H-pyrrole nitrogens is 1. The molecule has 0 radical (unpaired) electrons. The number of hydrogen-bond donors (Lipinski definition) is 4. The lowest BCUT2D eigenvalue weighted by molar-refractivity contribution is 0.195. The summed E-state index contributed by atoms with van der Waals surface area (Å²) in [6.45, 7) is 1.77. The molecule has 3 aromatic rings. The standard InChI is InChI=1S/C16H18N6O2S/c23-16(21-10-2-1-5-17-8-10)24-15-12(4-7-25-15)22-14-11-3-6-18-13(11)19-9-20-14/h3-4,6-7,9-10,17H,1-2,5,8H2,(H,21,23)(H2,18,19,20,22). The first-order valence-electron chi connectivity index (χ1n) is 8.11. The fourth-order valence-electron chi connectivity index (χ4n) is 2.82. The Morgan fingerprint density at radius 3 is 3.20 bits per heavy atom. The van der Waals surface area contributed by atoms with Gasteiger partial charge in [0.15, 0.2) is 0 Å². The van der Waals surface area contributed by atoms with Crippen molar-refractivity contribution in [1.82, 2.24) is 25.6 Å². The highest BCUT2D eigenvalue weighted by atomic mass is 32.1. The minimum absolute atomic E-state index is 0.110. The molecule has 0 saturated carbocycles. The lowest BCUT2D eigenvalue weighted by atomic mass is 10.1. The van der Waals surface area contributed by atoms with Gasteiger partial charge in [0.25, 0.3) is 0 Å². The molecule has 8 nitrogen and oxygen atoms in total. The molecule has 0 spiro atoms. The Balaban J connectivity index is 1.45. The third-order valence-corrected chi connectivity index (χ3v) is 4.83. The summed E-state index contributed by atoms with van der Waals surface area (Å²) in [5.41, 5.74) is 1.45. The summed E-state index contributed by atoms with van der Waals surface area (Å²) in [7, 11) is 0. The van der Waals surface area contributed by atoms with E-state index in [1.54, 1.807) is 6.20 Å².